The molecule has 6 heteroatoms. The zero-order valence-electron chi connectivity index (χ0n) is 19.9. The van der Waals surface area contributed by atoms with E-state index in [1.165, 1.54) is 0 Å². The molecular weight excluding hydrogens is 426 g/mol. The molecule has 3 aromatic carbocycles. The Morgan fingerprint density at radius 1 is 1.03 bits per heavy atom. The minimum absolute atomic E-state index is 0.111. The number of aromatic nitrogens is 3. The van der Waals surface area contributed by atoms with Gasteiger partial charge in [0.15, 0.2) is 17.4 Å². The van der Waals surface area contributed by atoms with E-state index >= 15 is 0 Å². The van der Waals surface area contributed by atoms with Crippen molar-refractivity contribution in [3.63, 3.8) is 0 Å². The van der Waals surface area contributed by atoms with Gasteiger partial charge < -0.3 is 9.84 Å². The lowest BCUT2D eigenvalue weighted by Crippen LogP contribution is -2.13. The minimum atomic E-state index is -0.326. The average molecular weight is 456 g/mol. The lowest BCUT2D eigenvalue weighted by Gasteiger charge is -2.20. The summed E-state index contributed by atoms with van der Waals surface area (Å²) in [6.45, 7) is 8.21. The van der Waals surface area contributed by atoms with Crippen LogP contribution in [-0.4, -0.2) is 32.3 Å². The Balaban J connectivity index is 2.03. The van der Waals surface area contributed by atoms with E-state index in [-0.39, 0.29) is 18.3 Å². The summed E-state index contributed by atoms with van der Waals surface area (Å²) in [6, 6.07) is 20.9. The van der Waals surface area contributed by atoms with Crippen molar-refractivity contribution in [2.45, 2.75) is 40.2 Å². The smallest absolute Gasteiger partial charge is 0.195 e. The number of benzene rings is 3. The third-order valence-electron chi connectivity index (χ3n) is 5.72. The van der Waals surface area contributed by atoms with Gasteiger partial charge in [-0.3, -0.25) is 9.36 Å². The molecule has 4 rings (SSSR count). The molecule has 0 aliphatic carbocycles. The highest BCUT2D eigenvalue weighted by molar-refractivity contribution is 6.11. The number of nitrogens with zero attached hydrogens (tertiary/aromatic N) is 3. The number of carbonyl (C=O) groups excluding carboxylic acids is 1. The molecule has 0 saturated heterocycles. The van der Waals surface area contributed by atoms with Gasteiger partial charge in [0.05, 0.1) is 12.3 Å². The van der Waals surface area contributed by atoms with Crippen LogP contribution in [0, 0.1) is 6.92 Å². The van der Waals surface area contributed by atoms with Gasteiger partial charge in [0.1, 0.15) is 12.4 Å². The molecular formula is C28H29N3O3. The summed E-state index contributed by atoms with van der Waals surface area (Å²) < 4.78 is 7.74. The van der Waals surface area contributed by atoms with Gasteiger partial charge >= 0.3 is 0 Å². The first-order valence-corrected chi connectivity index (χ1v) is 11.5. The normalized spacial score (nSPS) is 11.1. The van der Waals surface area contributed by atoms with Crippen molar-refractivity contribution in [1.82, 2.24) is 14.8 Å². The van der Waals surface area contributed by atoms with Gasteiger partial charge in [-0.25, -0.2) is 0 Å². The van der Waals surface area contributed by atoms with Crippen molar-refractivity contribution in [3.8, 4) is 22.8 Å². The van der Waals surface area contributed by atoms with Crippen LogP contribution in [-0.2, 0) is 6.61 Å². The Hall–Kier alpha value is -3.77. The molecule has 1 aromatic heterocycles. The van der Waals surface area contributed by atoms with Crippen molar-refractivity contribution in [3.05, 3.63) is 94.8 Å². The first kappa shape index (κ1) is 23.4. The fourth-order valence-corrected chi connectivity index (χ4v) is 4.07. The molecule has 1 heterocycles. The van der Waals surface area contributed by atoms with Gasteiger partial charge in [0.25, 0.3) is 0 Å². The van der Waals surface area contributed by atoms with Crippen LogP contribution in [0.4, 0.5) is 0 Å². The van der Waals surface area contributed by atoms with Gasteiger partial charge in [-0.2, -0.15) is 0 Å². The Bertz CT molecular complexity index is 1310. The van der Waals surface area contributed by atoms with Crippen molar-refractivity contribution < 1.29 is 14.6 Å². The van der Waals surface area contributed by atoms with Crippen LogP contribution in [0.2, 0.25) is 0 Å². The quantitative estimate of drug-likeness (QED) is 0.356. The third-order valence-corrected chi connectivity index (χ3v) is 5.72. The zero-order valence-corrected chi connectivity index (χ0v) is 19.9. The van der Waals surface area contributed by atoms with Crippen LogP contribution in [0.3, 0.4) is 0 Å². The second-order valence-electron chi connectivity index (χ2n) is 8.49. The molecule has 174 valence electrons. The van der Waals surface area contributed by atoms with Crippen molar-refractivity contribution >= 4 is 5.78 Å². The number of aryl methyl sites for hydroxylation is 1. The molecule has 1 N–H and O–H groups in total. The molecule has 0 radical (unpaired) electrons. The molecule has 0 saturated carbocycles. The van der Waals surface area contributed by atoms with E-state index in [9.17, 15) is 9.90 Å². The SMILES string of the molecule is CCOc1cc(-n2c(CO)nnc2-c2ccccc2)c(C(=O)c2cccc(C)c2)cc1C(C)C. The van der Waals surface area contributed by atoms with Crippen LogP contribution < -0.4 is 4.74 Å². The van der Waals surface area contributed by atoms with Crippen LogP contribution in [0.25, 0.3) is 17.1 Å². The summed E-state index contributed by atoms with van der Waals surface area (Å²) >= 11 is 0. The highest BCUT2D eigenvalue weighted by Crippen LogP contribution is 2.35. The Morgan fingerprint density at radius 3 is 2.44 bits per heavy atom. The second kappa shape index (κ2) is 10.0. The van der Waals surface area contributed by atoms with Crippen LogP contribution in [0.5, 0.6) is 5.75 Å². The first-order valence-electron chi connectivity index (χ1n) is 11.5. The summed E-state index contributed by atoms with van der Waals surface area (Å²) in [4.78, 5) is 13.8. The Kier molecular flexibility index (Phi) is 6.89. The predicted molar refractivity (Wildman–Crippen MR) is 133 cm³/mol. The number of hydrogen-bond acceptors (Lipinski definition) is 5. The average Bonchev–Trinajstić information content (AvgIpc) is 3.28. The summed E-state index contributed by atoms with van der Waals surface area (Å²) in [5, 5.41) is 18.7. The zero-order chi connectivity index (χ0) is 24.2. The lowest BCUT2D eigenvalue weighted by atomic mass is 9.93. The lowest BCUT2D eigenvalue weighted by molar-refractivity contribution is 0.103. The van der Waals surface area contributed by atoms with Crippen molar-refractivity contribution in [1.29, 1.82) is 0 Å². The van der Waals surface area contributed by atoms with E-state index in [1.807, 2.05) is 80.6 Å². The number of aliphatic hydroxyl groups excluding tert-OH is 1. The fraction of sp³-hybridized carbons (Fsp3) is 0.250. The van der Waals surface area contributed by atoms with Crippen molar-refractivity contribution in [2.24, 2.45) is 0 Å². The number of rotatable bonds is 8. The maximum atomic E-state index is 13.8. The van der Waals surface area contributed by atoms with E-state index in [0.717, 1.165) is 16.7 Å². The largest absolute Gasteiger partial charge is 0.494 e. The van der Waals surface area contributed by atoms with Crippen molar-refractivity contribution in [2.75, 3.05) is 6.61 Å². The molecule has 0 atom stereocenters. The summed E-state index contributed by atoms with van der Waals surface area (Å²) in [5.41, 5.74) is 4.46. The third kappa shape index (κ3) is 4.50. The maximum Gasteiger partial charge on any atom is 0.195 e. The number of carbonyl (C=O) groups is 1. The monoisotopic (exact) mass is 455 g/mol. The van der Waals surface area contributed by atoms with Crippen LogP contribution in [0.15, 0.2) is 66.7 Å². The summed E-state index contributed by atoms with van der Waals surface area (Å²) in [7, 11) is 0. The molecule has 0 aliphatic rings. The second-order valence-corrected chi connectivity index (χ2v) is 8.49. The number of ketones is 1. The van der Waals surface area contributed by atoms with E-state index in [1.54, 1.807) is 4.57 Å². The molecule has 0 bridgehead atoms. The fourth-order valence-electron chi connectivity index (χ4n) is 4.07. The van der Waals surface area contributed by atoms with E-state index < -0.39 is 0 Å². The van der Waals surface area contributed by atoms with Gasteiger partial charge in [-0.1, -0.05) is 67.9 Å². The molecule has 0 unspecified atom stereocenters. The minimum Gasteiger partial charge on any atom is -0.494 e. The van der Waals surface area contributed by atoms with E-state index in [2.05, 4.69) is 24.0 Å². The van der Waals surface area contributed by atoms with E-state index in [4.69, 9.17) is 4.74 Å². The van der Waals surface area contributed by atoms with Gasteiger partial charge in [-0.05, 0) is 37.5 Å². The topological polar surface area (TPSA) is 77.2 Å². The first-order chi connectivity index (χ1) is 16.4. The number of ether oxygens (including phenoxy) is 1. The number of aliphatic hydroxyl groups is 1. The molecule has 34 heavy (non-hydrogen) atoms. The molecule has 0 fully saturated rings. The molecule has 0 aliphatic heterocycles. The van der Waals surface area contributed by atoms with E-state index in [0.29, 0.717) is 40.8 Å². The summed E-state index contributed by atoms with van der Waals surface area (Å²) in [6.07, 6.45) is 0. The van der Waals surface area contributed by atoms with Crippen LogP contribution >= 0.6 is 0 Å². The van der Waals surface area contributed by atoms with Gasteiger partial charge in [0, 0.05) is 22.8 Å². The van der Waals surface area contributed by atoms with Crippen LogP contribution in [0.1, 0.15) is 59.6 Å². The molecule has 0 amide bonds. The molecule has 6 nitrogen and oxygen atoms in total. The van der Waals surface area contributed by atoms with Gasteiger partial charge in [0.2, 0.25) is 0 Å². The highest BCUT2D eigenvalue weighted by Gasteiger charge is 2.25. The summed E-state index contributed by atoms with van der Waals surface area (Å²) in [5.74, 6) is 1.62. The number of hydrogen-bond donors (Lipinski definition) is 1. The maximum absolute atomic E-state index is 13.8. The molecule has 0 spiro atoms. The Morgan fingerprint density at radius 2 is 1.79 bits per heavy atom. The highest BCUT2D eigenvalue weighted by atomic mass is 16.5. The molecule has 4 aromatic rings. The van der Waals surface area contributed by atoms with Gasteiger partial charge in [-0.15, -0.1) is 10.2 Å². The predicted octanol–water partition coefficient (Wildman–Crippen LogP) is 5.49. The standard InChI is InChI=1S/C28H29N3O3/c1-5-34-25-16-24(31-26(17-32)29-30-28(31)20-11-7-6-8-12-20)23(15-22(25)18(2)3)27(33)21-13-9-10-19(4)14-21/h6-16,18,32H,5,17H2,1-4H3. The Labute approximate surface area is 199 Å².